The Morgan fingerprint density at radius 2 is 1.92 bits per heavy atom. The summed E-state index contributed by atoms with van der Waals surface area (Å²) in [5.41, 5.74) is 1.42. The highest BCUT2D eigenvalue weighted by molar-refractivity contribution is 9.10. The normalized spacial score (nSPS) is 10.5. The van der Waals surface area contributed by atoms with Gasteiger partial charge in [0.2, 0.25) is 0 Å². The lowest BCUT2D eigenvalue weighted by Gasteiger charge is -2.20. The van der Waals surface area contributed by atoms with Crippen LogP contribution in [0.3, 0.4) is 0 Å². The molecule has 2 aromatic carbocycles. The van der Waals surface area contributed by atoms with Crippen molar-refractivity contribution in [3.63, 3.8) is 0 Å². The van der Waals surface area contributed by atoms with Gasteiger partial charge in [-0.1, -0.05) is 32.0 Å². The maximum Gasteiger partial charge on any atom is 0.257 e. The lowest BCUT2D eigenvalue weighted by Crippen LogP contribution is -2.40. The van der Waals surface area contributed by atoms with Crippen molar-refractivity contribution in [1.29, 1.82) is 0 Å². The van der Waals surface area contributed by atoms with E-state index in [4.69, 9.17) is 17.0 Å². The minimum absolute atomic E-state index is 0.257. The van der Waals surface area contributed by atoms with Gasteiger partial charge < -0.3 is 9.64 Å². The lowest BCUT2D eigenvalue weighted by molar-refractivity contribution is 0.0977. The van der Waals surface area contributed by atoms with E-state index < -0.39 is 0 Å². The molecule has 0 aliphatic rings. The Balaban J connectivity index is 1.98. The summed E-state index contributed by atoms with van der Waals surface area (Å²) in [4.78, 5) is 14.2. The van der Waals surface area contributed by atoms with Gasteiger partial charge in [-0.05, 0) is 70.8 Å². The Bertz CT molecular complexity index is 766. The Kier molecular flexibility index (Phi) is 7.60. The van der Waals surface area contributed by atoms with Crippen LogP contribution in [-0.4, -0.2) is 24.7 Å². The minimum Gasteiger partial charge on any atom is -0.492 e. The Morgan fingerprint density at radius 1 is 1.23 bits per heavy atom. The summed E-state index contributed by atoms with van der Waals surface area (Å²) in [6.45, 7) is 4.95. The molecule has 6 heteroatoms. The molecule has 0 aliphatic heterocycles. The summed E-state index contributed by atoms with van der Waals surface area (Å²) in [5, 5.41) is 3.10. The molecule has 0 saturated carbocycles. The van der Waals surface area contributed by atoms with Gasteiger partial charge in [0.25, 0.3) is 5.91 Å². The number of hydrogen-bond acceptors (Lipinski definition) is 3. The predicted molar refractivity (Wildman–Crippen MR) is 114 cm³/mol. The second-order valence-electron chi connectivity index (χ2n) is 6.33. The molecule has 1 amide bonds. The first-order chi connectivity index (χ1) is 12.4. The molecule has 0 saturated heterocycles. The Labute approximate surface area is 168 Å². The molecule has 1 N–H and O–H groups in total. The van der Waals surface area contributed by atoms with E-state index in [1.807, 2.05) is 37.4 Å². The first-order valence-corrected chi connectivity index (χ1v) is 9.65. The number of nitrogens with zero attached hydrogens (tertiary/aromatic N) is 1. The van der Waals surface area contributed by atoms with Crippen molar-refractivity contribution < 1.29 is 9.53 Å². The molecule has 2 rings (SSSR count). The zero-order valence-corrected chi connectivity index (χ0v) is 17.6. The van der Waals surface area contributed by atoms with Gasteiger partial charge in [0.15, 0.2) is 5.11 Å². The van der Waals surface area contributed by atoms with E-state index in [2.05, 4.69) is 35.1 Å². The monoisotopic (exact) mass is 434 g/mol. The van der Waals surface area contributed by atoms with Crippen molar-refractivity contribution in [2.75, 3.05) is 18.6 Å². The highest BCUT2D eigenvalue weighted by atomic mass is 79.9. The number of ether oxygens (including phenoxy) is 1. The summed E-state index contributed by atoms with van der Waals surface area (Å²) in [6.07, 6.45) is 0.981. The maximum atomic E-state index is 12.5. The van der Waals surface area contributed by atoms with E-state index in [-0.39, 0.29) is 5.91 Å². The van der Waals surface area contributed by atoms with Crippen LogP contribution < -0.4 is 15.0 Å². The van der Waals surface area contributed by atoms with E-state index in [1.165, 1.54) is 0 Å². The Hall–Kier alpha value is -1.92. The smallest absolute Gasteiger partial charge is 0.257 e. The van der Waals surface area contributed by atoms with Crippen LogP contribution in [0.25, 0.3) is 0 Å². The number of nitrogens with one attached hydrogen (secondary N) is 1. The summed E-state index contributed by atoms with van der Waals surface area (Å²) in [5.74, 6) is 1.06. The number of benzene rings is 2. The molecule has 138 valence electrons. The number of para-hydroxylation sites is 1. The number of carbonyl (C=O) groups excluding carboxylic acids is 1. The van der Waals surface area contributed by atoms with E-state index >= 15 is 0 Å². The van der Waals surface area contributed by atoms with Crippen molar-refractivity contribution in [3.8, 4) is 5.75 Å². The van der Waals surface area contributed by atoms with Crippen molar-refractivity contribution in [1.82, 2.24) is 5.32 Å². The van der Waals surface area contributed by atoms with E-state index in [1.54, 1.807) is 23.1 Å². The largest absolute Gasteiger partial charge is 0.492 e. The van der Waals surface area contributed by atoms with Crippen molar-refractivity contribution in [2.24, 2.45) is 5.92 Å². The van der Waals surface area contributed by atoms with Crippen molar-refractivity contribution in [2.45, 2.75) is 20.3 Å². The molecule has 0 heterocycles. The number of rotatable bonds is 6. The van der Waals surface area contributed by atoms with Crippen LogP contribution in [-0.2, 0) is 0 Å². The van der Waals surface area contributed by atoms with Gasteiger partial charge in [0, 0.05) is 18.3 Å². The summed E-state index contributed by atoms with van der Waals surface area (Å²) in [7, 11) is 1.82. The number of anilines is 1. The molecule has 0 spiro atoms. The molecule has 0 radical (unpaired) electrons. The van der Waals surface area contributed by atoms with Crippen LogP contribution in [0, 0.1) is 5.92 Å². The van der Waals surface area contributed by atoms with Gasteiger partial charge >= 0.3 is 0 Å². The fourth-order valence-electron chi connectivity index (χ4n) is 2.19. The predicted octanol–water partition coefficient (Wildman–Crippen LogP) is 5.03. The maximum absolute atomic E-state index is 12.5. The molecule has 0 aromatic heterocycles. The van der Waals surface area contributed by atoms with Gasteiger partial charge in [-0.15, -0.1) is 0 Å². The third kappa shape index (κ3) is 5.81. The summed E-state index contributed by atoms with van der Waals surface area (Å²) >= 11 is 8.80. The van der Waals surface area contributed by atoms with E-state index in [0.717, 1.165) is 22.3 Å². The molecule has 0 fully saturated rings. The fourth-order valence-corrected chi connectivity index (χ4v) is 2.88. The SMILES string of the molecule is CC(C)CCOc1ccc(C(=O)NC(=S)N(C)c2ccccc2)cc1Br. The van der Waals surface area contributed by atoms with Crippen LogP contribution in [0.1, 0.15) is 30.6 Å². The molecular weight excluding hydrogens is 412 g/mol. The zero-order valence-electron chi connectivity index (χ0n) is 15.2. The quantitative estimate of drug-likeness (QED) is 0.647. The highest BCUT2D eigenvalue weighted by Gasteiger charge is 2.14. The molecule has 26 heavy (non-hydrogen) atoms. The van der Waals surface area contributed by atoms with E-state index in [0.29, 0.717) is 23.2 Å². The molecule has 0 aliphatic carbocycles. The highest BCUT2D eigenvalue weighted by Crippen LogP contribution is 2.26. The van der Waals surface area contributed by atoms with Crippen LogP contribution in [0.2, 0.25) is 0 Å². The second kappa shape index (κ2) is 9.69. The number of halogens is 1. The molecular formula is C20H23BrN2O2S. The van der Waals surface area contributed by atoms with Crippen molar-refractivity contribution >= 4 is 44.9 Å². The first kappa shape index (κ1) is 20.4. The van der Waals surface area contributed by atoms with Gasteiger partial charge in [0.05, 0.1) is 11.1 Å². The number of amides is 1. The van der Waals surface area contributed by atoms with Gasteiger partial charge in [0.1, 0.15) is 5.75 Å². The minimum atomic E-state index is -0.257. The molecule has 0 bridgehead atoms. The Morgan fingerprint density at radius 3 is 2.54 bits per heavy atom. The van der Waals surface area contributed by atoms with Gasteiger partial charge in [-0.25, -0.2) is 0 Å². The fraction of sp³-hybridized carbons (Fsp3) is 0.300. The van der Waals surface area contributed by atoms with Crippen LogP contribution in [0.5, 0.6) is 5.75 Å². The number of thiocarbonyl (C=S) groups is 1. The standard InChI is InChI=1S/C20H23BrN2O2S/c1-14(2)11-12-25-18-10-9-15(13-17(18)21)19(24)22-20(26)23(3)16-7-5-4-6-8-16/h4-10,13-14H,11-12H2,1-3H3,(H,22,24,26). The molecule has 4 nitrogen and oxygen atoms in total. The van der Waals surface area contributed by atoms with Crippen molar-refractivity contribution in [3.05, 3.63) is 58.6 Å². The molecule has 0 atom stereocenters. The van der Waals surface area contributed by atoms with Gasteiger partial charge in [-0.3, -0.25) is 10.1 Å². The third-order valence-corrected chi connectivity index (χ3v) is 4.81. The summed E-state index contributed by atoms with van der Waals surface area (Å²) in [6, 6.07) is 14.9. The first-order valence-electron chi connectivity index (χ1n) is 8.45. The number of carbonyl (C=O) groups is 1. The topological polar surface area (TPSA) is 41.6 Å². The second-order valence-corrected chi connectivity index (χ2v) is 7.57. The van der Waals surface area contributed by atoms with Gasteiger partial charge in [-0.2, -0.15) is 0 Å². The van der Waals surface area contributed by atoms with Crippen LogP contribution in [0.15, 0.2) is 53.0 Å². The van der Waals surface area contributed by atoms with Crippen LogP contribution in [0.4, 0.5) is 5.69 Å². The lowest BCUT2D eigenvalue weighted by atomic mass is 10.1. The third-order valence-electron chi connectivity index (χ3n) is 3.82. The number of hydrogen-bond donors (Lipinski definition) is 1. The van der Waals surface area contributed by atoms with E-state index in [9.17, 15) is 4.79 Å². The zero-order chi connectivity index (χ0) is 19.1. The average molecular weight is 435 g/mol. The van der Waals surface area contributed by atoms with Crippen LogP contribution >= 0.6 is 28.1 Å². The average Bonchev–Trinajstić information content (AvgIpc) is 2.62. The molecule has 0 unspecified atom stereocenters. The molecule has 2 aromatic rings. The summed E-state index contributed by atoms with van der Waals surface area (Å²) < 4.78 is 6.49.